The van der Waals surface area contributed by atoms with Crippen LogP contribution in [-0.2, 0) is 4.74 Å². The fraction of sp³-hybridized carbons (Fsp3) is 0.538. The Morgan fingerprint density at radius 3 is 2.83 bits per heavy atom. The number of aromatic nitrogens is 2. The number of halogens is 1. The number of nitrogens with one attached hydrogen (secondary N) is 1. The van der Waals surface area contributed by atoms with Gasteiger partial charge in [-0.2, -0.15) is 11.8 Å². The van der Waals surface area contributed by atoms with E-state index in [0.29, 0.717) is 35.6 Å². The van der Waals surface area contributed by atoms with Gasteiger partial charge < -0.3 is 21.5 Å². The molecule has 0 radical (unpaired) electrons. The molecule has 5 N–H and O–H groups in total. The van der Waals surface area contributed by atoms with Crippen LogP contribution < -0.4 is 16.8 Å². The molecule has 10 heteroatoms. The number of anilines is 2. The zero-order valence-corrected chi connectivity index (χ0v) is 24.2. The fourth-order valence-corrected chi connectivity index (χ4v) is 4.70. The molecule has 1 fully saturated rings. The Morgan fingerprint density at radius 1 is 1.36 bits per heavy atom. The highest BCUT2D eigenvalue weighted by atomic mass is 79.9. The summed E-state index contributed by atoms with van der Waals surface area (Å²) in [5, 5.41) is 3.09. The summed E-state index contributed by atoms with van der Waals surface area (Å²) >= 11 is 5.38. The van der Waals surface area contributed by atoms with Gasteiger partial charge in [-0.3, -0.25) is 9.98 Å². The second-order valence-electron chi connectivity index (χ2n) is 8.83. The van der Waals surface area contributed by atoms with Crippen molar-refractivity contribution >= 4 is 57.1 Å². The van der Waals surface area contributed by atoms with Crippen LogP contribution in [0.25, 0.3) is 0 Å². The van der Waals surface area contributed by atoms with Crippen LogP contribution >= 0.6 is 27.7 Å². The van der Waals surface area contributed by atoms with Crippen LogP contribution in [0.15, 0.2) is 45.1 Å². The van der Waals surface area contributed by atoms with E-state index in [1.165, 1.54) is 19.2 Å². The lowest BCUT2D eigenvalue weighted by Crippen LogP contribution is -2.22. The van der Waals surface area contributed by atoms with Crippen LogP contribution in [0.2, 0.25) is 0 Å². The molecule has 0 amide bonds. The predicted molar refractivity (Wildman–Crippen MR) is 159 cm³/mol. The van der Waals surface area contributed by atoms with Crippen LogP contribution in [0.3, 0.4) is 0 Å². The predicted octanol–water partition coefficient (Wildman–Crippen LogP) is 5.98. The highest BCUT2D eigenvalue weighted by Crippen LogP contribution is 2.23. The monoisotopic (exact) mass is 577 g/mol. The Balaban J connectivity index is 0.000000281. The van der Waals surface area contributed by atoms with E-state index < -0.39 is 0 Å². The van der Waals surface area contributed by atoms with Gasteiger partial charge in [0, 0.05) is 28.7 Å². The Bertz CT molecular complexity index is 968. The number of benzene rings is 1. The van der Waals surface area contributed by atoms with Gasteiger partial charge in [-0.1, -0.05) is 35.8 Å². The number of nitrogens with two attached hydrogens (primary N) is 2. The third-order valence-electron chi connectivity index (χ3n) is 5.59. The van der Waals surface area contributed by atoms with Gasteiger partial charge in [0.15, 0.2) is 11.8 Å². The summed E-state index contributed by atoms with van der Waals surface area (Å²) < 4.78 is 6.82. The molecule has 2 aromatic rings. The summed E-state index contributed by atoms with van der Waals surface area (Å²) in [5.74, 6) is 3.56. The first-order valence-electron chi connectivity index (χ1n) is 12.4. The van der Waals surface area contributed by atoms with Crippen molar-refractivity contribution in [1.82, 2.24) is 9.97 Å². The number of nitrogen functional groups attached to an aromatic ring is 1. The van der Waals surface area contributed by atoms with Gasteiger partial charge in [-0.05, 0) is 69.4 Å². The maximum absolute atomic E-state index is 5.88. The van der Waals surface area contributed by atoms with E-state index in [2.05, 4.69) is 62.0 Å². The van der Waals surface area contributed by atoms with Crippen molar-refractivity contribution in [3.63, 3.8) is 0 Å². The van der Waals surface area contributed by atoms with Crippen molar-refractivity contribution in [2.45, 2.75) is 65.6 Å². The van der Waals surface area contributed by atoms with E-state index >= 15 is 0 Å². The molecule has 0 spiro atoms. The molecule has 8 nitrogen and oxygen atoms in total. The number of aryl methyl sites for hydroxylation is 1. The molecule has 1 aliphatic rings. The average Bonchev–Trinajstić information content (AvgIpc) is 3.26. The smallest absolute Gasteiger partial charge is 0.193 e. The summed E-state index contributed by atoms with van der Waals surface area (Å²) in [6.07, 6.45) is 8.74. The highest BCUT2D eigenvalue weighted by Gasteiger charge is 2.21. The Morgan fingerprint density at radius 2 is 2.17 bits per heavy atom. The lowest BCUT2D eigenvalue weighted by Gasteiger charge is -2.10. The molecule has 3 atom stereocenters. The van der Waals surface area contributed by atoms with Crippen molar-refractivity contribution in [3.8, 4) is 0 Å². The zero-order valence-electron chi connectivity index (χ0n) is 21.8. The topological polar surface area (TPSA) is 124 Å². The molecule has 3 rings (SSSR count). The summed E-state index contributed by atoms with van der Waals surface area (Å²) in [4.78, 5) is 16.6. The van der Waals surface area contributed by atoms with E-state index in [-0.39, 0.29) is 0 Å². The maximum Gasteiger partial charge on any atom is 0.193 e. The molecule has 0 saturated carbocycles. The Kier molecular flexibility index (Phi) is 13.8. The molecule has 0 aliphatic carbocycles. The average molecular weight is 579 g/mol. The molecule has 1 aromatic carbocycles. The standard InChI is InChI=1S/C16H24BrN3OS.C10H16N4/c1-12-6-7-15(21-12)11-22-9-3-8-19-16(18)20-14-5-2-4-13(17)10-14;1-4-7(2)5-12-9-8(3)13-6-14-10(9)11/h2,4-5,10,12,15H,3,6-9,11H2,1H3,(H3,18,19,20);5-7H,4H2,1-3H3,(H2,11,13,14). The first-order chi connectivity index (χ1) is 17.3. The largest absolute Gasteiger partial charge is 0.382 e. The fourth-order valence-electron chi connectivity index (χ4n) is 3.29. The maximum atomic E-state index is 5.88. The van der Waals surface area contributed by atoms with Crippen molar-refractivity contribution in [2.75, 3.05) is 29.1 Å². The second kappa shape index (κ2) is 16.6. The van der Waals surface area contributed by atoms with Crippen molar-refractivity contribution in [2.24, 2.45) is 21.6 Å². The number of guanidine groups is 1. The van der Waals surface area contributed by atoms with E-state index in [0.717, 1.165) is 46.7 Å². The number of hydrogen-bond acceptors (Lipinski definition) is 7. The normalized spacial score (nSPS) is 18.6. The molecule has 0 bridgehead atoms. The van der Waals surface area contributed by atoms with Gasteiger partial charge in [0.1, 0.15) is 12.0 Å². The van der Waals surface area contributed by atoms with E-state index in [4.69, 9.17) is 16.2 Å². The summed E-state index contributed by atoms with van der Waals surface area (Å²) in [7, 11) is 0. The summed E-state index contributed by atoms with van der Waals surface area (Å²) in [5.41, 5.74) is 14.0. The van der Waals surface area contributed by atoms with Crippen molar-refractivity contribution < 1.29 is 4.74 Å². The zero-order chi connectivity index (χ0) is 26.3. The minimum atomic E-state index is 0.442. The lowest BCUT2D eigenvalue weighted by atomic mass is 10.1. The SMILES string of the molecule is CC1CCC(CSCCCN=C(N)Nc2cccc(Br)c2)O1.CCC(C)C=Nc1c(C)ncnc1N. The molecule has 1 saturated heterocycles. The lowest BCUT2D eigenvalue weighted by molar-refractivity contribution is 0.0700. The van der Waals surface area contributed by atoms with Gasteiger partial charge in [0.25, 0.3) is 0 Å². The van der Waals surface area contributed by atoms with E-state index in [9.17, 15) is 0 Å². The molecule has 1 aromatic heterocycles. The molecule has 198 valence electrons. The third-order valence-corrected chi connectivity index (χ3v) is 7.26. The third kappa shape index (κ3) is 11.7. The van der Waals surface area contributed by atoms with E-state index in [1.807, 2.05) is 49.2 Å². The number of rotatable bonds is 10. The van der Waals surface area contributed by atoms with Crippen LogP contribution in [0.5, 0.6) is 0 Å². The van der Waals surface area contributed by atoms with Crippen LogP contribution in [0.4, 0.5) is 17.2 Å². The highest BCUT2D eigenvalue weighted by molar-refractivity contribution is 9.10. The Labute approximate surface area is 228 Å². The first kappa shape index (κ1) is 30.1. The van der Waals surface area contributed by atoms with Gasteiger partial charge in [-0.25, -0.2) is 9.97 Å². The molecule has 2 heterocycles. The summed E-state index contributed by atoms with van der Waals surface area (Å²) in [6, 6.07) is 7.87. The van der Waals surface area contributed by atoms with Gasteiger partial charge in [0.2, 0.25) is 0 Å². The minimum absolute atomic E-state index is 0.442. The van der Waals surface area contributed by atoms with Crippen molar-refractivity contribution in [3.05, 3.63) is 40.8 Å². The quantitative estimate of drug-likeness (QED) is 0.180. The van der Waals surface area contributed by atoms with Crippen LogP contribution in [-0.4, -0.2) is 52.4 Å². The number of aliphatic imine (C=N–C) groups is 2. The Hall–Kier alpha value is -2.17. The number of nitrogens with zero attached hydrogens (tertiary/aromatic N) is 4. The number of hydrogen-bond donors (Lipinski definition) is 3. The van der Waals surface area contributed by atoms with Crippen LogP contribution in [0.1, 0.15) is 52.1 Å². The molecular formula is C26H40BrN7OS. The summed E-state index contributed by atoms with van der Waals surface area (Å²) in [6.45, 7) is 9.01. The van der Waals surface area contributed by atoms with Crippen LogP contribution in [0, 0.1) is 12.8 Å². The minimum Gasteiger partial charge on any atom is -0.382 e. The van der Waals surface area contributed by atoms with Crippen molar-refractivity contribution in [1.29, 1.82) is 0 Å². The number of ether oxygens (including phenoxy) is 1. The van der Waals surface area contributed by atoms with E-state index in [1.54, 1.807) is 0 Å². The molecular weight excluding hydrogens is 538 g/mol. The molecule has 36 heavy (non-hydrogen) atoms. The number of thioether (sulfide) groups is 1. The molecule has 1 aliphatic heterocycles. The first-order valence-corrected chi connectivity index (χ1v) is 14.4. The van der Waals surface area contributed by atoms with Gasteiger partial charge in [-0.15, -0.1) is 0 Å². The van der Waals surface area contributed by atoms with Gasteiger partial charge in [0.05, 0.1) is 17.9 Å². The van der Waals surface area contributed by atoms with Gasteiger partial charge >= 0.3 is 0 Å². The molecule has 3 unspecified atom stereocenters. The second-order valence-corrected chi connectivity index (χ2v) is 10.9.